The number of ether oxygens (including phenoxy) is 2. The minimum absolute atomic E-state index is 0.0644. The van der Waals surface area contributed by atoms with Crippen LogP contribution in [0.2, 0.25) is 0 Å². The zero-order valence-electron chi connectivity index (χ0n) is 16.6. The number of amides is 2. The number of fused-ring (bicyclic) bond motifs is 1. The van der Waals surface area contributed by atoms with E-state index in [0.29, 0.717) is 5.82 Å². The van der Waals surface area contributed by atoms with Gasteiger partial charge < -0.3 is 20.1 Å². The smallest absolute Gasteiger partial charge is 0.412 e. The molecule has 0 aliphatic rings. The number of carbonyl (C=O) groups excluding carboxylic acids is 2. The van der Waals surface area contributed by atoms with Crippen LogP contribution in [0, 0.1) is 0 Å². The van der Waals surface area contributed by atoms with Crippen LogP contribution in [0.4, 0.5) is 15.4 Å². The second kappa shape index (κ2) is 10.8. The Morgan fingerprint density at radius 3 is 2.47 bits per heavy atom. The fourth-order valence-corrected chi connectivity index (χ4v) is 2.69. The summed E-state index contributed by atoms with van der Waals surface area (Å²) in [6.07, 6.45) is 0.528. The molecular weight excluding hydrogens is 384 g/mol. The average Bonchev–Trinajstić information content (AvgIpc) is 2.78. The molecule has 0 saturated carbocycles. The Bertz CT molecular complexity index is 981. The number of carbonyl (C=O) groups is 2. The number of hydrogen-bond acceptors (Lipinski definition) is 6. The second-order valence-electron chi connectivity index (χ2n) is 6.57. The van der Waals surface area contributed by atoms with Crippen LogP contribution in [-0.4, -0.2) is 43.4 Å². The van der Waals surface area contributed by atoms with Gasteiger partial charge in [0.1, 0.15) is 19.0 Å². The van der Waals surface area contributed by atoms with E-state index in [4.69, 9.17) is 9.47 Å². The standard InChI is InChI=1S/C22H24N4O4/c1-23-19(13-25-21(27)29-14-16-7-3-2-4-8-16)15-30-22(28)26-20-11-17-9-5-6-10-18(17)12-24-20/h2-12,19,23H,13-15H2,1H3,(H,25,27)(H,24,26,28)/t19-/m0/s1. The molecule has 3 N–H and O–H groups in total. The molecule has 2 amide bonds. The van der Waals surface area contributed by atoms with Gasteiger partial charge in [-0.05, 0) is 24.1 Å². The molecule has 0 saturated heterocycles. The maximum absolute atomic E-state index is 12.1. The lowest BCUT2D eigenvalue weighted by Gasteiger charge is -2.17. The van der Waals surface area contributed by atoms with Crippen molar-refractivity contribution in [2.75, 3.05) is 25.5 Å². The van der Waals surface area contributed by atoms with Crippen LogP contribution >= 0.6 is 0 Å². The summed E-state index contributed by atoms with van der Waals surface area (Å²) in [5.74, 6) is 0.405. The number of aromatic nitrogens is 1. The molecule has 156 valence electrons. The van der Waals surface area contributed by atoms with Gasteiger partial charge in [0, 0.05) is 18.1 Å². The zero-order valence-corrected chi connectivity index (χ0v) is 16.6. The fourth-order valence-electron chi connectivity index (χ4n) is 2.69. The summed E-state index contributed by atoms with van der Waals surface area (Å²) in [5.41, 5.74) is 0.903. The molecule has 0 aliphatic carbocycles. The lowest BCUT2D eigenvalue weighted by Crippen LogP contribution is -2.43. The monoisotopic (exact) mass is 408 g/mol. The first kappa shape index (κ1) is 21.1. The SMILES string of the molecule is CN[C@@H](CNC(=O)OCc1ccccc1)COC(=O)Nc1cc2ccccc2cn1. The summed E-state index contributed by atoms with van der Waals surface area (Å²) in [5, 5.41) is 10.2. The van der Waals surface area contributed by atoms with Crippen molar-refractivity contribution in [1.29, 1.82) is 0 Å². The topological polar surface area (TPSA) is 102 Å². The summed E-state index contributed by atoms with van der Waals surface area (Å²) in [4.78, 5) is 28.1. The molecule has 0 aliphatic heterocycles. The van der Waals surface area contributed by atoms with E-state index < -0.39 is 12.2 Å². The molecule has 1 aromatic heterocycles. The first-order chi connectivity index (χ1) is 14.6. The third-order valence-electron chi connectivity index (χ3n) is 4.39. The van der Waals surface area contributed by atoms with Crippen molar-refractivity contribution in [1.82, 2.24) is 15.6 Å². The van der Waals surface area contributed by atoms with Gasteiger partial charge in [0.05, 0.1) is 6.04 Å². The van der Waals surface area contributed by atoms with Crippen LogP contribution in [-0.2, 0) is 16.1 Å². The molecule has 0 spiro atoms. The molecule has 1 atom stereocenters. The largest absolute Gasteiger partial charge is 0.448 e. The van der Waals surface area contributed by atoms with Gasteiger partial charge in [0.25, 0.3) is 0 Å². The number of rotatable bonds is 8. The Balaban J connectivity index is 1.39. The van der Waals surface area contributed by atoms with Crippen molar-refractivity contribution in [3.63, 3.8) is 0 Å². The van der Waals surface area contributed by atoms with E-state index in [0.717, 1.165) is 16.3 Å². The molecule has 8 heteroatoms. The van der Waals surface area contributed by atoms with Gasteiger partial charge in [0.2, 0.25) is 0 Å². The third kappa shape index (κ3) is 6.46. The molecule has 0 bridgehead atoms. The Labute approximate surface area is 174 Å². The number of likely N-dealkylation sites (N-methyl/N-ethyl adjacent to an activating group) is 1. The Hall–Kier alpha value is -3.65. The number of nitrogens with one attached hydrogen (secondary N) is 3. The van der Waals surface area contributed by atoms with Gasteiger partial charge >= 0.3 is 12.2 Å². The van der Waals surface area contributed by atoms with E-state index in [1.807, 2.05) is 54.6 Å². The molecule has 3 aromatic rings. The average molecular weight is 408 g/mol. The van der Waals surface area contributed by atoms with Crippen LogP contribution < -0.4 is 16.0 Å². The summed E-state index contributed by atoms with van der Waals surface area (Å²) in [6, 6.07) is 18.6. The van der Waals surface area contributed by atoms with Gasteiger partial charge in [0.15, 0.2) is 0 Å². The molecule has 0 fully saturated rings. The normalized spacial score (nSPS) is 11.5. The number of benzene rings is 2. The fraction of sp³-hybridized carbons (Fsp3) is 0.227. The summed E-state index contributed by atoms with van der Waals surface area (Å²) in [7, 11) is 1.72. The molecule has 1 heterocycles. The first-order valence-electron chi connectivity index (χ1n) is 9.54. The highest BCUT2D eigenvalue weighted by molar-refractivity contribution is 5.89. The summed E-state index contributed by atoms with van der Waals surface area (Å²) < 4.78 is 10.4. The third-order valence-corrected chi connectivity index (χ3v) is 4.39. The van der Waals surface area contributed by atoms with Crippen molar-refractivity contribution in [2.45, 2.75) is 12.6 Å². The Morgan fingerprint density at radius 1 is 0.967 bits per heavy atom. The highest BCUT2D eigenvalue weighted by Gasteiger charge is 2.13. The van der Waals surface area contributed by atoms with Crippen LogP contribution in [0.15, 0.2) is 66.9 Å². The van der Waals surface area contributed by atoms with Crippen LogP contribution in [0.25, 0.3) is 10.8 Å². The lowest BCUT2D eigenvalue weighted by atomic mass is 10.2. The number of anilines is 1. The Kier molecular flexibility index (Phi) is 7.57. The van der Waals surface area contributed by atoms with Crippen molar-refractivity contribution in [3.8, 4) is 0 Å². The van der Waals surface area contributed by atoms with Crippen LogP contribution in [0.3, 0.4) is 0 Å². The van der Waals surface area contributed by atoms with Crippen molar-refractivity contribution in [2.24, 2.45) is 0 Å². The van der Waals surface area contributed by atoms with E-state index >= 15 is 0 Å². The van der Waals surface area contributed by atoms with Crippen molar-refractivity contribution >= 4 is 28.8 Å². The van der Waals surface area contributed by atoms with E-state index in [2.05, 4.69) is 20.9 Å². The Morgan fingerprint density at radius 2 is 1.70 bits per heavy atom. The zero-order chi connectivity index (χ0) is 21.2. The summed E-state index contributed by atoms with van der Waals surface area (Å²) in [6.45, 7) is 0.495. The van der Waals surface area contributed by atoms with Crippen LogP contribution in [0.5, 0.6) is 0 Å². The number of pyridine rings is 1. The first-order valence-corrected chi connectivity index (χ1v) is 9.54. The molecule has 30 heavy (non-hydrogen) atoms. The summed E-state index contributed by atoms with van der Waals surface area (Å²) >= 11 is 0. The van der Waals surface area contributed by atoms with Gasteiger partial charge in [-0.3, -0.25) is 5.32 Å². The molecule has 0 unspecified atom stereocenters. The van der Waals surface area contributed by atoms with E-state index in [9.17, 15) is 9.59 Å². The van der Waals surface area contributed by atoms with Gasteiger partial charge in [-0.25, -0.2) is 14.6 Å². The van der Waals surface area contributed by atoms with Gasteiger partial charge in [-0.2, -0.15) is 0 Å². The second-order valence-corrected chi connectivity index (χ2v) is 6.57. The minimum atomic E-state index is -0.621. The highest BCUT2D eigenvalue weighted by atomic mass is 16.6. The number of nitrogens with zero attached hydrogens (tertiary/aromatic N) is 1. The number of hydrogen-bond donors (Lipinski definition) is 3. The quantitative estimate of drug-likeness (QED) is 0.529. The molecule has 0 radical (unpaired) electrons. The van der Waals surface area contributed by atoms with E-state index in [-0.39, 0.29) is 25.8 Å². The molecule has 3 rings (SSSR count). The maximum Gasteiger partial charge on any atom is 0.412 e. The molecule has 2 aromatic carbocycles. The maximum atomic E-state index is 12.1. The van der Waals surface area contributed by atoms with Crippen molar-refractivity contribution in [3.05, 3.63) is 72.4 Å². The predicted molar refractivity (Wildman–Crippen MR) is 114 cm³/mol. The van der Waals surface area contributed by atoms with E-state index in [1.54, 1.807) is 19.3 Å². The molecular formula is C22H24N4O4. The van der Waals surface area contributed by atoms with Gasteiger partial charge in [-0.15, -0.1) is 0 Å². The van der Waals surface area contributed by atoms with Crippen LogP contribution in [0.1, 0.15) is 5.56 Å². The lowest BCUT2D eigenvalue weighted by molar-refractivity contribution is 0.132. The molecule has 8 nitrogen and oxygen atoms in total. The highest BCUT2D eigenvalue weighted by Crippen LogP contribution is 2.16. The van der Waals surface area contributed by atoms with Crippen molar-refractivity contribution < 1.29 is 19.1 Å². The van der Waals surface area contributed by atoms with Gasteiger partial charge in [-0.1, -0.05) is 54.6 Å². The van der Waals surface area contributed by atoms with E-state index in [1.165, 1.54) is 0 Å². The number of alkyl carbamates (subject to hydrolysis) is 1. The minimum Gasteiger partial charge on any atom is -0.448 e. The predicted octanol–water partition coefficient (Wildman–Crippen LogP) is 3.30.